The lowest BCUT2D eigenvalue weighted by molar-refractivity contribution is 0.881. The Balaban J connectivity index is 1.75. The van der Waals surface area contributed by atoms with Crippen LogP contribution in [0.3, 0.4) is 0 Å². The van der Waals surface area contributed by atoms with E-state index in [0.29, 0.717) is 11.1 Å². The van der Waals surface area contributed by atoms with Crippen LogP contribution in [-0.2, 0) is 0 Å². The van der Waals surface area contributed by atoms with Crippen LogP contribution < -0.4 is 5.32 Å². The molecule has 5 rings (SSSR count). The number of nitrogens with one attached hydrogen (secondary N) is 1. The summed E-state index contributed by atoms with van der Waals surface area (Å²) < 4.78 is 1.05. The van der Waals surface area contributed by atoms with Crippen LogP contribution in [0, 0.1) is 22.7 Å². The highest BCUT2D eigenvalue weighted by Gasteiger charge is 2.32. The average Bonchev–Trinajstić information content (AvgIpc) is 2.96. The summed E-state index contributed by atoms with van der Waals surface area (Å²) in [6.07, 6.45) is 3.49. The van der Waals surface area contributed by atoms with E-state index in [1.54, 1.807) is 12.2 Å². The first kappa shape index (κ1) is 14.2. The SMILES string of the molecule is N#CC1=CC2=NC3=C(NC2C=C1C#N)c1ccc(Br)c2cccc3c12. The molecule has 1 aliphatic heterocycles. The molecule has 3 aliphatic rings. The van der Waals surface area contributed by atoms with Gasteiger partial charge < -0.3 is 5.32 Å². The maximum atomic E-state index is 9.27. The van der Waals surface area contributed by atoms with Gasteiger partial charge in [-0.3, -0.25) is 0 Å². The van der Waals surface area contributed by atoms with Gasteiger partial charge in [0.2, 0.25) is 0 Å². The van der Waals surface area contributed by atoms with Gasteiger partial charge in [0.1, 0.15) is 12.1 Å². The zero-order valence-corrected chi connectivity index (χ0v) is 14.4. The minimum absolute atomic E-state index is 0.196. The van der Waals surface area contributed by atoms with Crippen molar-refractivity contribution in [3.8, 4) is 12.1 Å². The van der Waals surface area contributed by atoms with Gasteiger partial charge in [-0.2, -0.15) is 10.5 Å². The molecule has 0 spiro atoms. The maximum absolute atomic E-state index is 9.27. The highest BCUT2D eigenvalue weighted by Crippen LogP contribution is 2.45. The summed E-state index contributed by atoms with van der Waals surface area (Å²) in [4.78, 5) is 4.84. The Morgan fingerprint density at radius 3 is 2.68 bits per heavy atom. The van der Waals surface area contributed by atoms with Crippen LogP contribution in [-0.4, -0.2) is 11.8 Å². The predicted molar refractivity (Wildman–Crippen MR) is 100 cm³/mol. The van der Waals surface area contributed by atoms with Crippen LogP contribution in [0.25, 0.3) is 22.2 Å². The second-order valence-electron chi connectivity index (χ2n) is 6.07. The molecule has 0 saturated carbocycles. The van der Waals surface area contributed by atoms with Gasteiger partial charge in [-0.25, -0.2) is 4.99 Å². The molecule has 1 unspecified atom stereocenters. The van der Waals surface area contributed by atoms with Crippen molar-refractivity contribution < 1.29 is 0 Å². The van der Waals surface area contributed by atoms with Crippen molar-refractivity contribution >= 4 is 43.8 Å². The molecule has 4 nitrogen and oxygen atoms in total. The summed E-state index contributed by atoms with van der Waals surface area (Å²) in [5.41, 5.74) is 5.59. The number of nitrogens with zero attached hydrogens (tertiary/aromatic N) is 3. The predicted octanol–water partition coefficient (Wildman–Crippen LogP) is 4.07. The molecule has 0 fully saturated rings. The number of aliphatic imine (C=N–C) groups is 1. The van der Waals surface area contributed by atoms with Crippen LogP contribution in [0.1, 0.15) is 11.1 Å². The molecule has 0 bridgehead atoms. The van der Waals surface area contributed by atoms with Crippen molar-refractivity contribution in [2.24, 2.45) is 4.99 Å². The van der Waals surface area contributed by atoms with Crippen LogP contribution in [0.5, 0.6) is 0 Å². The molecular formula is C20H9BrN4. The second kappa shape index (κ2) is 4.92. The van der Waals surface area contributed by atoms with Crippen molar-refractivity contribution in [3.05, 3.63) is 69.2 Å². The monoisotopic (exact) mass is 384 g/mol. The fourth-order valence-corrected chi connectivity index (χ4v) is 4.11. The fourth-order valence-electron chi connectivity index (χ4n) is 3.65. The van der Waals surface area contributed by atoms with Crippen molar-refractivity contribution in [2.75, 3.05) is 0 Å². The second-order valence-corrected chi connectivity index (χ2v) is 6.92. The van der Waals surface area contributed by atoms with E-state index in [2.05, 4.69) is 51.6 Å². The van der Waals surface area contributed by atoms with Crippen molar-refractivity contribution in [2.45, 2.75) is 6.04 Å². The number of hydrogen-bond donors (Lipinski definition) is 1. The molecule has 2 aromatic rings. The van der Waals surface area contributed by atoms with Crippen molar-refractivity contribution in [1.82, 2.24) is 5.32 Å². The molecule has 2 aliphatic carbocycles. The molecule has 1 heterocycles. The number of allylic oxidation sites excluding steroid dienone is 2. The Labute approximate surface area is 152 Å². The summed E-state index contributed by atoms with van der Waals surface area (Å²) >= 11 is 3.62. The molecule has 0 radical (unpaired) electrons. The van der Waals surface area contributed by atoms with E-state index in [9.17, 15) is 10.5 Å². The summed E-state index contributed by atoms with van der Waals surface area (Å²) in [6, 6.07) is 14.3. The third-order valence-electron chi connectivity index (χ3n) is 4.76. The molecule has 2 aromatic carbocycles. The van der Waals surface area contributed by atoms with Gasteiger partial charge in [-0.05, 0) is 23.6 Å². The zero-order chi connectivity index (χ0) is 17.1. The topological polar surface area (TPSA) is 72.0 Å². The Bertz CT molecular complexity index is 1200. The number of nitriles is 2. The van der Waals surface area contributed by atoms with E-state index < -0.39 is 0 Å². The Morgan fingerprint density at radius 2 is 1.88 bits per heavy atom. The molecule has 1 N–H and O–H groups in total. The van der Waals surface area contributed by atoms with Gasteiger partial charge in [-0.15, -0.1) is 0 Å². The van der Waals surface area contributed by atoms with Crippen LogP contribution in [0.2, 0.25) is 0 Å². The Hall–Kier alpha value is -3.15. The van der Waals surface area contributed by atoms with Gasteiger partial charge in [0.05, 0.1) is 34.3 Å². The van der Waals surface area contributed by atoms with E-state index in [1.807, 2.05) is 12.1 Å². The van der Waals surface area contributed by atoms with Crippen LogP contribution in [0.4, 0.5) is 0 Å². The third kappa shape index (κ3) is 1.82. The van der Waals surface area contributed by atoms with Gasteiger partial charge >= 0.3 is 0 Å². The molecule has 0 saturated heterocycles. The van der Waals surface area contributed by atoms with Gasteiger partial charge in [0, 0.05) is 21.0 Å². The van der Waals surface area contributed by atoms with E-state index in [1.165, 1.54) is 5.39 Å². The first-order valence-corrected chi connectivity index (χ1v) is 8.56. The molecule has 25 heavy (non-hydrogen) atoms. The summed E-state index contributed by atoms with van der Waals surface area (Å²) in [5, 5.41) is 24.4. The largest absolute Gasteiger partial charge is 0.371 e. The summed E-state index contributed by atoms with van der Waals surface area (Å²) in [6.45, 7) is 0. The number of halogens is 1. The third-order valence-corrected chi connectivity index (χ3v) is 5.46. The number of hydrogen-bond acceptors (Lipinski definition) is 4. The molecular weight excluding hydrogens is 376 g/mol. The minimum atomic E-state index is -0.196. The molecule has 5 heteroatoms. The van der Waals surface area contributed by atoms with Crippen molar-refractivity contribution in [3.63, 3.8) is 0 Å². The smallest absolute Gasteiger partial charge is 0.101 e. The maximum Gasteiger partial charge on any atom is 0.101 e. The van der Waals surface area contributed by atoms with Crippen molar-refractivity contribution in [1.29, 1.82) is 10.5 Å². The lowest BCUT2D eigenvalue weighted by Gasteiger charge is -2.26. The Morgan fingerprint density at radius 1 is 1.04 bits per heavy atom. The lowest BCUT2D eigenvalue weighted by atomic mass is 9.93. The summed E-state index contributed by atoms with van der Waals surface area (Å²) in [5.74, 6) is 0. The minimum Gasteiger partial charge on any atom is -0.371 e. The first-order chi connectivity index (χ1) is 12.2. The number of fused-ring (bicyclic) bond motifs is 3. The van der Waals surface area contributed by atoms with Crippen LogP contribution >= 0.6 is 15.9 Å². The van der Waals surface area contributed by atoms with Crippen LogP contribution in [0.15, 0.2) is 63.1 Å². The van der Waals surface area contributed by atoms with E-state index in [0.717, 1.165) is 38.1 Å². The van der Waals surface area contributed by atoms with Gasteiger partial charge in [0.25, 0.3) is 0 Å². The van der Waals surface area contributed by atoms with Gasteiger partial charge in [-0.1, -0.05) is 40.2 Å². The van der Waals surface area contributed by atoms with E-state index in [-0.39, 0.29) is 6.04 Å². The summed E-state index contributed by atoms with van der Waals surface area (Å²) in [7, 11) is 0. The number of rotatable bonds is 0. The van der Waals surface area contributed by atoms with Gasteiger partial charge in [0.15, 0.2) is 0 Å². The molecule has 0 aromatic heterocycles. The molecule has 0 amide bonds. The van der Waals surface area contributed by atoms with E-state index >= 15 is 0 Å². The highest BCUT2D eigenvalue weighted by molar-refractivity contribution is 9.10. The standard InChI is InChI=1S/C20H9BrN4/c21-15-5-4-14-18-12(15)2-1-3-13(18)19-20(14)25-17-7-11(9-23)10(8-22)6-16(17)24-19/h1-7,17,25H. The highest BCUT2D eigenvalue weighted by atomic mass is 79.9. The fraction of sp³-hybridized carbons (Fsp3) is 0.0500. The molecule has 116 valence electrons. The van der Waals surface area contributed by atoms with E-state index in [4.69, 9.17) is 4.99 Å². The molecule has 1 atom stereocenters. The lowest BCUT2D eigenvalue weighted by Crippen LogP contribution is -2.37. The number of benzene rings is 2. The zero-order valence-electron chi connectivity index (χ0n) is 12.8. The Kier molecular flexibility index (Phi) is 2.80. The average molecular weight is 385 g/mol. The normalized spacial score (nSPS) is 19.8. The quantitative estimate of drug-likeness (QED) is 0.743. The first-order valence-electron chi connectivity index (χ1n) is 7.76.